The number of hydrogen-bond donors (Lipinski definition) is 1. The molecule has 0 aliphatic heterocycles. The zero-order chi connectivity index (χ0) is 14.2. The Bertz CT molecular complexity index is 676. The molecule has 2 aromatic rings. The SMILES string of the molecule is Nc1cc(C(=O)c2cc(F)c(Br)cc2F)ccc1Cl. The van der Waals surface area contributed by atoms with Crippen LogP contribution in [-0.2, 0) is 0 Å². The summed E-state index contributed by atoms with van der Waals surface area (Å²) in [6.45, 7) is 0. The van der Waals surface area contributed by atoms with Gasteiger partial charge in [0.15, 0.2) is 5.78 Å². The number of nitrogens with two attached hydrogens (primary N) is 1. The predicted molar refractivity (Wildman–Crippen MR) is 73.4 cm³/mol. The van der Waals surface area contributed by atoms with Gasteiger partial charge in [0.25, 0.3) is 0 Å². The molecule has 2 rings (SSSR count). The van der Waals surface area contributed by atoms with Crippen molar-refractivity contribution < 1.29 is 13.6 Å². The average molecular weight is 347 g/mol. The van der Waals surface area contributed by atoms with E-state index in [-0.39, 0.29) is 21.3 Å². The fraction of sp³-hybridized carbons (Fsp3) is 0. The third-order valence-electron chi connectivity index (χ3n) is 2.51. The van der Waals surface area contributed by atoms with Crippen molar-refractivity contribution >= 4 is 39.0 Å². The molecule has 0 amide bonds. The molecule has 0 spiro atoms. The van der Waals surface area contributed by atoms with Gasteiger partial charge in [-0.1, -0.05) is 11.6 Å². The second-order valence-corrected chi connectivity index (χ2v) is 5.07. The smallest absolute Gasteiger partial charge is 0.196 e. The fourth-order valence-electron chi connectivity index (χ4n) is 1.54. The molecule has 2 N–H and O–H groups in total. The van der Waals surface area contributed by atoms with E-state index in [1.54, 1.807) is 0 Å². The van der Waals surface area contributed by atoms with Crippen molar-refractivity contribution in [2.75, 3.05) is 5.73 Å². The molecule has 6 heteroatoms. The first-order valence-corrected chi connectivity index (χ1v) is 6.31. The van der Waals surface area contributed by atoms with Crippen molar-refractivity contribution in [2.45, 2.75) is 0 Å². The number of benzene rings is 2. The maximum atomic E-state index is 13.7. The van der Waals surface area contributed by atoms with Gasteiger partial charge in [-0.2, -0.15) is 0 Å². The van der Waals surface area contributed by atoms with Gasteiger partial charge in [0, 0.05) is 5.56 Å². The van der Waals surface area contributed by atoms with Crippen molar-refractivity contribution in [1.82, 2.24) is 0 Å². The van der Waals surface area contributed by atoms with Crippen LogP contribution < -0.4 is 5.73 Å². The number of nitrogen functional groups attached to an aromatic ring is 1. The zero-order valence-electron chi connectivity index (χ0n) is 9.38. The largest absolute Gasteiger partial charge is 0.398 e. The summed E-state index contributed by atoms with van der Waals surface area (Å²) in [4.78, 5) is 12.1. The van der Waals surface area contributed by atoms with Crippen LogP contribution in [0.25, 0.3) is 0 Å². The molecular weight excluding hydrogens is 340 g/mol. The zero-order valence-corrected chi connectivity index (χ0v) is 11.7. The first-order chi connectivity index (χ1) is 8.90. The first kappa shape index (κ1) is 14.0. The highest BCUT2D eigenvalue weighted by Gasteiger charge is 2.17. The Morgan fingerprint density at radius 2 is 1.84 bits per heavy atom. The molecule has 0 atom stereocenters. The summed E-state index contributed by atoms with van der Waals surface area (Å²) < 4.78 is 27.0. The molecule has 0 radical (unpaired) electrons. The Labute approximate surface area is 121 Å². The minimum atomic E-state index is -0.813. The van der Waals surface area contributed by atoms with E-state index in [0.29, 0.717) is 5.02 Å². The molecule has 0 unspecified atom stereocenters. The van der Waals surface area contributed by atoms with Gasteiger partial charge >= 0.3 is 0 Å². The molecule has 0 aliphatic carbocycles. The van der Waals surface area contributed by atoms with E-state index in [2.05, 4.69) is 15.9 Å². The summed E-state index contributed by atoms with van der Waals surface area (Å²) >= 11 is 8.58. The lowest BCUT2D eigenvalue weighted by Gasteiger charge is -2.06. The van der Waals surface area contributed by atoms with Gasteiger partial charge in [0.05, 0.1) is 20.7 Å². The Kier molecular flexibility index (Phi) is 3.87. The van der Waals surface area contributed by atoms with Gasteiger partial charge in [0.2, 0.25) is 0 Å². The van der Waals surface area contributed by atoms with Crippen LogP contribution in [0.3, 0.4) is 0 Å². The molecule has 19 heavy (non-hydrogen) atoms. The number of rotatable bonds is 2. The molecule has 0 saturated heterocycles. The quantitative estimate of drug-likeness (QED) is 0.503. The molecule has 0 heterocycles. The summed E-state index contributed by atoms with van der Waals surface area (Å²) in [5.74, 6) is -2.19. The number of carbonyl (C=O) groups is 1. The van der Waals surface area contributed by atoms with Gasteiger partial charge in [-0.15, -0.1) is 0 Å². The van der Waals surface area contributed by atoms with Crippen molar-refractivity contribution in [3.05, 3.63) is 62.6 Å². The van der Waals surface area contributed by atoms with E-state index >= 15 is 0 Å². The standard InChI is InChI=1S/C13H7BrClF2NO/c14-8-5-10(16)7(4-11(8)17)13(19)6-1-2-9(15)12(18)3-6/h1-5H,18H2. The molecule has 0 saturated carbocycles. The fourth-order valence-corrected chi connectivity index (χ4v) is 1.97. The van der Waals surface area contributed by atoms with Crippen LogP contribution in [0, 0.1) is 11.6 Å². The Morgan fingerprint density at radius 1 is 1.16 bits per heavy atom. The number of hydrogen-bond acceptors (Lipinski definition) is 2. The lowest BCUT2D eigenvalue weighted by Crippen LogP contribution is -2.06. The number of carbonyl (C=O) groups excluding carboxylic acids is 1. The van der Waals surface area contributed by atoms with Gasteiger partial charge in [-0.05, 0) is 46.3 Å². The van der Waals surface area contributed by atoms with Crippen LogP contribution in [0.1, 0.15) is 15.9 Å². The molecule has 2 aromatic carbocycles. The summed E-state index contributed by atoms with van der Waals surface area (Å²) in [5, 5.41) is 0.291. The molecule has 0 fully saturated rings. The second-order valence-electron chi connectivity index (χ2n) is 3.81. The third kappa shape index (κ3) is 2.77. The van der Waals surface area contributed by atoms with Gasteiger partial charge in [-0.25, -0.2) is 8.78 Å². The Morgan fingerprint density at radius 3 is 2.47 bits per heavy atom. The highest BCUT2D eigenvalue weighted by atomic mass is 79.9. The minimum absolute atomic E-state index is 0.0443. The van der Waals surface area contributed by atoms with Gasteiger partial charge in [-0.3, -0.25) is 4.79 Å². The van der Waals surface area contributed by atoms with Crippen molar-refractivity contribution in [1.29, 1.82) is 0 Å². The minimum Gasteiger partial charge on any atom is -0.398 e. The van der Waals surface area contributed by atoms with Crippen molar-refractivity contribution in [3.8, 4) is 0 Å². The van der Waals surface area contributed by atoms with Crippen LogP contribution in [0.4, 0.5) is 14.5 Å². The maximum Gasteiger partial charge on any atom is 0.196 e. The monoisotopic (exact) mass is 345 g/mol. The Balaban J connectivity index is 2.49. The van der Waals surface area contributed by atoms with Crippen LogP contribution in [0.5, 0.6) is 0 Å². The van der Waals surface area contributed by atoms with Crippen LogP contribution in [-0.4, -0.2) is 5.78 Å². The van der Waals surface area contributed by atoms with Crippen molar-refractivity contribution in [2.24, 2.45) is 0 Å². The van der Waals surface area contributed by atoms with E-state index in [4.69, 9.17) is 17.3 Å². The summed E-state index contributed by atoms with van der Waals surface area (Å²) in [5.41, 5.74) is 5.55. The summed E-state index contributed by atoms with van der Waals surface area (Å²) in [7, 11) is 0. The normalized spacial score (nSPS) is 10.5. The highest BCUT2D eigenvalue weighted by Crippen LogP contribution is 2.24. The highest BCUT2D eigenvalue weighted by molar-refractivity contribution is 9.10. The lowest BCUT2D eigenvalue weighted by atomic mass is 10.0. The van der Waals surface area contributed by atoms with Crippen LogP contribution in [0.2, 0.25) is 5.02 Å². The van der Waals surface area contributed by atoms with Crippen LogP contribution >= 0.6 is 27.5 Å². The van der Waals surface area contributed by atoms with Gasteiger partial charge < -0.3 is 5.73 Å². The predicted octanol–water partition coefficient (Wildman–Crippen LogP) is 4.19. The van der Waals surface area contributed by atoms with E-state index in [1.165, 1.54) is 18.2 Å². The third-order valence-corrected chi connectivity index (χ3v) is 3.46. The van der Waals surface area contributed by atoms with Crippen LogP contribution in [0.15, 0.2) is 34.8 Å². The molecule has 98 valence electrons. The molecule has 0 aliphatic rings. The van der Waals surface area contributed by atoms with Gasteiger partial charge in [0.1, 0.15) is 11.6 Å². The topological polar surface area (TPSA) is 43.1 Å². The first-order valence-electron chi connectivity index (χ1n) is 5.14. The summed E-state index contributed by atoms with van der Waals surface area (Å²) in [6.07, 6.45) is 0. The van der Waals surface area contributed by atoms with E-state index in [9.17, 15) is 13.6 Å². The molecule has 0 bridgehead atoms. The van der Waals surface area contributed by atoms with Crippen molar-refractivity contribution in [3.63, 3.8) is 0 Å². The molecule has 0 aromatic heterocycles. The Hall–Kier alpha value is -1.46. The molecular formula is C13H7BrClF2NO. The second kappa shape index (κ2) is 5.27. The number of anilines is 1. The maximum absolute atomic E-state index is 13.7. The average Bonchev–Trinajstić information content (AvgIpc) is 2.36. The van der Waals surface area contributed by atoms with E-state index in [1.807, 2.05) is 0 Å². The lowest BCUT2D eigenvalue weighted by molar-refractivity contribution is 0.103. The number of ketones is 1. The van der Waals surface area contributed by atoms with E-state index in [0.717, 1.165) is 12.1 Å². The number of halogens is 4. The summed E-state index contributed by atoms with van der Waals surface area (Å²) in [6, 6.07) is 5.90. The van der Waals surface area contributed by atoms with E-state index < -0.39 is 17.4 Å². The molecule has 2 nitrogen and oxygen atoms in total.